The zero-order valence-corrected chi connectivity index (χ0v) is 9.41. The average Bonchev–Trinajstić information content (AvgIpc) is 2.61. The molecule has 2 rings (SSSR count). The summed E-state index contributed by atoms with van der Waals surface area (Å²) in [5.74, 6) is -0.605. The Labute approximate surface area is 92.6 Å². The van der Waals surface area contributed by atoms with Crippen LogP contribution in [0.4, 0.5) is 0 Å². The molecule has 1 aliphatic heterocycles. The second-order valence-electron chi connectivity index (χ2n) is 4.06. The molecule has 1 atom stereocenters. The molecule has 0 saturated carbocycles. The first-order valence-electron chi connectivity index (χ1n) is 4.99. The molecule has 1 aromatic rings. The lowest BCUT2D eigenvalue weighted by atomic mass is 9.87. The van der Waals surface area contributed by atoms with Crippen LogP contribution in [0.3, 0.4) is 0 Å². The van der Waals surface area contributed by atoms with Crippen LogP contribution in [-0.4, -0.2) is 34.0 Å². The van der Waals surface area contributed by atoms with Gasteiger partial charge in [-0.25, -0.2) is 4.98 Å². The van der Waals surface area contributed by atoms with E-state index < -0.39 is 5.97 Å². The van der Waals surface area contributed by atoms with Gasteiger partial charge in [0.25, 0.3) is 0 Å². The Morgan fingerprint density at radius 3 is 3.07 bits per heavy atom. The minimum atomic E-state index is -0.687. The Morgan fingerprint density at radius 2 is 2.53 bits per heavy atom. The van der Waals surface area contributed by atoms with Gasteiger partial charge in [0.2, 0.25) is 0 Å². The molecule has 4 nitrogen and oxygen atoms in total. The van der Waals surface area contributed by atoms with Gasteiger partial charge in [-0.15, -0.1) is 11.3 Å². The minimum absolute atomic E-state index is 0.225. The van der Waals surface area contributed by atoms with E-state index in [0.29, 0.717) is 5.92 Å². The van der Waals surface area contributed by atoms with Crippen molar-refractivity contribution >= 4 is 17.3 Å². The normalized spacial score (nSPS) is 19.8. The van der Waals surface area contributed by atoms with E-state index in [1.165, 1.54) is 0 Å². The van der Waals surface area contributed by atoms with Gasteiger partial charge in [-0.2, -0.15) is 0 Å². The second-order valence-corrected chi connectivity index (χ2v) is 4.78. The summed E-state index contributed by atoms with van der Waals surface area (Å²) in [5.41, 5.74) is 2.91. The van der Waals surface area contributed by atoms with E-state index in [1.54, 1.807) is 18.3 Å². The highest BCUT2D eigenvalue weighted by molar-refractivity contribution is 7.07. The molecule has 0 bridgehead atoms. The highest BCUT2D eigenvalue weighted by atomic mass is 32.1. The maximum atomic E-state index is 10.7. The van der Waals surface area contributed by atoms with Crippen LogP contribution in [0, 0.1) is 11.8 Å². The maximum Gasteiger partial charge on any atom is 0.306 e. The van der Waals surface area contributed by atoms with Crippen molar-refractivity contribution in [2.24, 2.45) is 11.8 Å². The monoisotopic (exact) mass is 226 g/mol. The van der Waals surface area contributed by atoms with E-state index in [4.69, 9.17) is 5.11 Å². The van der Waals surface area contributed by atoms with Crippen molar-refractivity contribution in [3.63, 3.8) is 0 Å². The number of carboxylic acid groups (broad SMARTS) is 1. The molecule has 2 heterocycles. The van der Waals surface area contributed by atoms with Crippen LogP contribution in [0.5, 0.6) is 0 Å². The number of carbonyl (C=O) groups is 1. The standard InChI is InChI=1S/C10H14N2O2S/c1-7(10(13)14)8-2-12(3-8)4-9-5-15-6-11-9/h5-8H,2-4H2,1H3,(H,13,14). The molecule has 1 unspecified atom stereocenters. The molecule has 1 aliphatic rings. The number of hydrogen-bond donors (Lipinski definition) is 1. The first-order chi connectivity index (χ1) is 7.16. The highest BCUT2D eigenvalue weighted by Crippen LogP contribution is 2.25. The van der Waals surface area contributed by atoms with Crippen LogP contribution in [0.15, 0.2) is 10.9 Å². The number of aliphatic carboxylic acids is 1. The number of aromatic nitrogens is 1. The summed E-state index contributed by atoms with van der Waals surface area (Å²) in [6.07, 6.45) is 0. The summed E-state index contributed by atoms with van der Waals surface area (Å²) in [6.45, 7) is 4.40. The molecule has 0 radical (unpaired) electrons. The smallest absolute Gasteiger partial charge is 0.306 e. The lowest BCUT2D eigenvalue weighted by molar-refractivity contribution is -0.145. The van der Waals surface area contributed by atoms with Crippen LogP contribution in [0.2, 0.25) is 0 Å². The quantitative estimate of drug-likeness (QED) is 0.840. The van der Waals surface area contributed by atoms with Gasteiger partial charge in [-0.05, 0) is 5.92 Å². The highest BCUT2D eigenvalue weighted by Gasteiger charge is 2.34. The topological polar surface area (TPSA) is 53.4 Å². The third-order valence-electron chi connectivity index (χ3n) is 2.95. The van der Waals surface area contributed by atoms with Crippen molar-refractivity contribution in [1.29, 1.82) is 0 Å². The minimum Gasteiger partial charge on any atom is -0.481 e. The fourth-order valence-corrected chi connectivity index (χ4v) is 2.35. The summed E-state index contributed by atoms with van der Waals surface area (Å²) in [6, 6.07) is 0. The molecule has 1 N–H and O–H groups in total. The van der Waals surface area contributed by atoms with E-state index in [9.17, 15) is 4.79 Å². The zero-order valence-electron chi connectivity index (χ0n) is 8.59. The van der Waals surface area contributed by atoms with Crippen LogP contribution < -0.4 is 0 Å². The number of rotatable bonds is 4. The van der Waals surface area contributed by atoms with Gasteiger partial charge < -0.3 is 5.11 Å². The SMILES string of the molecule is CC(C(=O)O)C1CN(Cc2cscn2)C1. The number of thiazole rings is 1. The Bertz CT molecular complexity index is 333. The molecule has 5 heteroatoms. The summed E-state index contributed by atoms with van der Waals surface area (Å²) in [7, 11) is 0. The van der Waals surface area contributed by atoms with E-state index in [2.05, 4.69) is 9.88 Å². The Kier molecular flexibility index (Phi) is 3.02. The predicted octanol–water partition coefficient (Wildman–Crippen LogP) is 1.30. The number of nitrogens with zero attached hydrogens (tertiary/aromatic N) is 2. The van der Waals surface area contributed by atoms with E-state index in [-0.39, 0.29) is 5.92 Å². The van der Waals surface area contributed by atoms with Gasteiger partial charge in [0.05, 0.1) is 17.1 Å². The van der Waals surface area contributed by atoms with Crippen LogP contribution in [-0.2, 0) is 11.3 Å². The van der Waals surface area contributed by atoms with Gasteiger partial charge >= 0.3 is 5.97 Å². The third-order valence-corrected chi connectivity index (χ3v) is 3.59. The number of likely N-dealkylation sites (tertiary alicyclic amines) is 1. The Hall–Kier alpha value is -0.940. The Balaban J connectivity index is 1.76. The molecule has 1 fully saturated rings. The molecule has 1 aromatic heterocycles. The first-order valence-corrected chi connectivity index (χ1v) is 5.93. The van der Waals surface area contributed by atoms with Crippen LogP contribution in [0.25, 0.3) is 0 Å². The van der Waals surface area contributed by atoms with Crippen molar-refractivity contribution in [3.05, 3.63) is 16.6 Å². The van der Waals surface area contributed by atoms with Crippen molar-refractivity contribution < 1.29 is 9.90 Å². The molecule has 15 heavy (non-hydrogen) atoms. The van der Waals surface area contributed by atoms with Gasteiger partial charge in [0.15, 0.2) is 0 Å². The zero-order chi connectivity index (χ0) is 10.8. The molecule has 82 valence electrons. The maximum absolute atomic E-state index is 10.7. The van der Waals surface area contributed by atoms with Gasteiger partial charge in [-0.3, -0.25) is 9.69 Å². The molecular weight excluding hydrogens is 212 g/mol. The van der Waals surface area contributed by atoms with Crippen molar-refractivity contribution in [1.82, 2.24) is 9.88 Å². The first kappa shape index (κ1) is 10.6. The lowest BCUT2D eigenvalue weighted by Crippen LogP contribution is -2.50. The largest absolute Gasteiger partial charge is 0.481 e. The van der Waals surface area contributed by atoms with Crippen molar-refractivity contribution in [3.8, 4) is 0 Å². The van der Waals surface area contributed by atoms with E-state index in [0.717, 1.165) is 25.3 Å². The third kappa shape index (κ3) is 2.35. The molecule has 0 amide bonds. The molecule has 0 spiro atoms. The fourth-order valence-electron chi connectivity index (χ4n) is 1.80. The predicted molar refractivity (Wildman–Crippen MR) is 57.7 cm³/mol. The van der Waals surface area contributed by atoms with Gasteiger partial charge in [0.1, 0.15) is 0 Å². The van der Waals surface area contributed by atoms with E-state index in [1.807, 2.05) is 10.9 Å². The number of carboxylic acids is 1. The van der Waals surface area contributed by atoms with Gasteiger partial charge in [0, 0.05) is 25.0 Å². The van der Waals surface area contributed by atoms with Gasteiger partial charge in [-0.1, -0.05) is 6.92 Å². The fraction of sp³-hybridized carbons (Fsp3) is 0.600. The summed E-state index contributed by atoms with van der Waals surface area (Å²) < 4.78 is 0. The molecule has 1 saturated heterocycles. The van der Waals surface area contributed by atoms with Crippen molar-refractivity contribution in [2.75, 3.05) is 13.1 Å². The van der Waals surface area contributed by atoms with Crippen LogP contribution >= 0.6 is 11.3 Å². The average molecular weight is 226 g/mol. The summed E-state index contributed by atoms with van der Waals surface area (Å²) in [5, 5.41) is 10.9. The van der Waals surface area contributed by atoms with Crippen molar-refractivity contribution in [2.45, 2.75) is 13.5 Å². The molecule has 0 aliphatic carbocycles. The lowest BCUT2D eigenvalue weighted by Gasteiger charge is -2.40. The van der Waals surface area contributed by atoms with Crippen LogP contribution in [0.1, 0.15) is 12.6 Å². The summed E-state index contributed by atoms with van der Waals surface area (Å²) in [4.78, 5) is 17.2. The molecular formula is C10H14N2O2S. The second kappa shape index (κ2) is 4.28. The molecule has 0 aromatic carbocycles. The van der Waals surface area contributed by atoms with E-state index >= 15 is 0 Å². The summed E-state index contributed by atoms with van der Waals surface area (Å²) >= 11 is 1.60. The Morgan fingerprint density at radius 1 is 1.80 bits per heavy atom. The number of hydrogen-bond acceptors (Lipinski definition) is 4.